The van der Waals surface area contributed by atoms with E-state index in [0.717, 1.165) is 52.0 Å². The van der Waals surface area contributed by atoms with Crippen LogP contribution in [0.5, 0.6) is 0 Å². The summed E-state index contributed by atoms with van der Waals surface area (Å²) in [7, 11) is 0. The van der Waals surface area contributed by atoms with Gasteiger partial charge in [0.2, 0.25) is 0 Å². The molecular formula is C13H25NO3. The second-order valence-electron chi connectivity index (χ2n) is 4.92. The van der Waals surface area contributed by atoms with E-state index in [0.29, 0.717) is 6.04 Å². The average Bonchev–Trinajstić information content (AvgIpc) is 2.78. The highest BCUT2D eigenvalue weighted by atomic mass is 16.7. The molecule has 17 heavy (non-hydrogen) atoms. The number of ether oxygens (including phenoxy) is 3. The van der Waals surface area contributed by atoms with Crippen LogP contribution < -0.4 is 5.32 Å². The van der Waals surface area contributed by atoms with Crippen molar-refractivity contribution in [3.8, 4) is 0 Å². The minimum absolute atomic E-state index is 0.224. The van der Waals surface area contributed by atoms with Gasteiger partial charge in [-0.25, -0.2) is 0 Å². The maximum Gasteiger partial charge on any atom is 0.171 e. The predicted octanol–water partition coefficient (Wildman–Crippen LogP) is 1.69. The van der Waals surface area contributed by atoms with Gasteiger partial charge in [-0.05, 0) is 19.4 Å². The maximum absolute atomic E-state index is 5.96. The zero-order valence-corrected chi connectivity index (χ0v) is 11.0. The number of rotatable bonds is 5. The summed E-state index contributed by atoms with van der Waals surface area (Å²) in [5.74, 6) is -0.343. The Morgan fingerprint density at radius 2 is 2.06 bits per heavy atom. The standard InChI is InChI=1S/C13H25NO3/c1-3-7-15-12-10-13(16-8-9-17-13)6-5-11(12)14-4-2/h11-12,14H,3-10H2,1-2H3. The Morgan fingerprint density at radius 3 is 2.71 bits per heavy atom. The van der Waals surface area contributed by atoms with Gasteiger partial charge in [0.05, 0.1) is 19.3 Å². The van der Waals surface area contributed by atoms with Crippen molar-refractivity contribution in [3.63, 3.8) is 0 Å². The van der Waals surface area contributed by atoms with Gasteiger partial charge < -0.3 is 19.5 Å². The lowest BCUT2D eigenvalue weighted by Gasteiger charge is -2.41. The summed E-state index contributed by atoms with van der Waals surface area (Å²) >= 11 is 0. The first-order valence-electron chi connectivity index (χ1n) is 6.92. The number of nitrogens with one attached hydrogen (secondary N) is 1. The first kappa shape index (κ1) is 13.3. The lowest BCUT2D eigenvalue weighted by Crippen LogP contribution is -2.52. The maximum atomic E-state index is 5.96. The molecule has 0 aromatic heterocycles. The van der Waals surface area contributed by atoms with Crippen LogP contribution in [0, 0.1) is 0 Å². The molecule has 0 bridgehead atoms. The fraction of sp³-hybridized carbons (Fsp3) is 1.00. The van der Waals surface area contributed by atoms with Crippen LogP contribution in [0.15, 0.2) is 0 Å². The number of hydrogen-bond acceptors (Lipinski definition) is 4. The van der Waals surface area contributed by atoms with Gasteiger partial charge in [-0.1, -0.05) is 13.8 Å². The van der Waals surface area contributed by atoms with Crippen molar-refractivity contribution < 1.29 is 14.2 Å². The Morgan fingerprint density at radius 1 is 1.29 bits per heavy atom. The van der Waals surface area contributed by atoms with Crippen molar-refractivity contribution in [2.24, 2.45) is 0 Å². The highest BCUT2D eigenvalue weighted by Crippen LogP contribution is 2.37. The molecule has 1 heterocycles. The molecule has 1 spiro atoms. The molecule has 0 amide bonds. The molecule has 1 saturated carbocycles. The molecule has 4 heteroatoms. The molecule has 1 aliphatic carbocycles. The highest BCUT2D eigenvalue weighted by molar-refractivity contribution is 4.92. The van der Waals surface area contributed by atoms with E-state index in [-0.39, 0.29) is 11.9 Å². The zero-order chi connectivity index (χ0) is 12.1. The molecule has 1 N–H and O–H groups in total. The van der Waals surface area contributed by atoms with E-state index in [9.17, 15) is 0 Å². The molecule has 0 aromatic rings. The number of likely N-dealkylation sites (N-methyl/N-ethyl adjacent to an activating group) is 1. The van der Waals surface area contributed by atoms with Gasteiger partial charge in [-0.3, -0.25) is 0 Å². The second kappa shape index (κ2) is 6.14. The van der Waals surface area contributed by atoms with Crippen molar-refractivity contribution in [2.75, 3.05) is 26.4 Å². The van der Waals surface area contributed by atoms with Gasteiger partial charge >= 0.3 is 0 Å². The number of hydrogen-bond donors (Lipinski definition) is 1. The van der Waals surface area contributed by atoms with Gasteiger partial charge in [0.25, 0.3) is 0 Å². The van der Waals surface area contributed by atoms with Crippen LogP contribution in [0.1, 0.15) is 39.5 Å². The van der Waals surface area contributed by atoms with E-state index in [4.69, 9.17) is 14.2 Å². The van der Waals surface area contributed by atoms with E-state index in [1.54, 1.807) is 0 Å². The molecule has 0 radical (unpaired) electrons. The van der Waals surface area contributed by atoms with Crippen LogP contribution in [-0.4, -0.2) is 44.3 Å². The lowest BCUT2D eigenvalue weighted by atomic mass is 9.87. The first-order valence-corrected chi connectivity index (χ1v) is 6.92. The summed E-state index contributed by atoms with van der Waals surface area (Å²) in [6, 6.07) is 0.449. The lowest BCUT2D eigenvalue weighted by molar-refractivity contribution is -0.206. The van der Waals surface area contributed by atoms with E-state index >= 15 is 0 Å². The van der Waals surface area contributed by atoms with Gasteiger partial charge in [-0.2, -0.15) is 0 Å². The molecule has 2 unspecified atom stereocenters. The predicted molar refractivity (Wildman–Crippen MR) is 66.0 cm³/mol. The Balaban J connectivity index is 1.93. The fourth-order valence-electron chi connectivity index (χ4n) is 2.81. The van der Waals surface area contributed by atoms with Crippen LogP contribution in [0.25, 0.3) is 0 Å². The third-order valence-electron chi connectivity index (χ3n) is 3.61. The molecule has 2 atom stereocenters. The molecule has 2 rings (SSSR count). The monoisotopic (exact) mass is 243 g/mol. The molecule has 100 valence electrons. The molecule has 2 aliphatic rings. The van der Waals surface area contributed by atoms with Crippen molar-refractivity contribution in [1.29, 1.82) is 0 Å². The summed E-state index contributed by atoms with van der Waals surface area (Å²) in [5, 5.41) is 3.51. The molecule has 1 aliphatic heterocycles. The normalized spacial score (nSPS) is 32.1. The van der Waals surface area contributed by atoms with Gasteiger partial charge in [0.15, 0.2) is 5.79 Å². The van der Waals surface area contributed by atoms with Gasteiger partial charge in [0, 0.05) is 25.5 Å². The summed E-state index contributed by atoms with van der Waals surface area (Å²) < 4.78 is 17.5. The van der Waals surface area contributed by atoms with Crippen LogP contribution in [0.2, 0.25) is 0 Å². The second-order valence-corrected chi connectivity index (χ2v) is 4.92. The van der Waals surface area contributed by atoms with Crippen LogP contribution in [0.3, 0.4) is 0 Å². The Hall–Kier alpha value is -0.160. The van der Waals surface area contributed by atoms with Gasteiger partial charge in [0.1, 0.15) is 0 Å². The van der Waals surface area contributed by atoms with Gasteiger partial charge in [-0.15, -0.1) is 0 Å². The third kappa shape index (κ3) is 3.19. The Bertz CT molecular complexity index is 229. The van der Waals surface area contributed by atoms with Crippen LogP contribution >= 0.6 is 0 Å². The summed E-state index contributed by atoms with van der Waals surface area (Å²) in [4.78, 5) is 0. The third-order valence-corrected chi connectivity index (χ3v) is 3.61. The average molecular weight is 243 g/mol. The Labute approximate surface area is 104 Å². The zero-order valence-electron chi connectivity index (χ0n) is 11.0. The SMILES string of the molecule is CCCOC1CC2(CCC1NCC)OCCO2. The Kier molecular flexibility index (Phi) is 4.79. The molecule has 1 saturated heterocycles. The van der Waals surface area contributed by atoms with Crippen molar-refractivity contribution in [3.05, 3.63) is 0 Å². The van der Waals surface area contributed by atoms with Crippen molar-refractivity contribution in [2.45, 2.75) is 57.5 Å². The molecule has 4 nitrogen and oxygen atoms in total. The first-order chi connectivity index (χ1) is 8.29. The molecule has 0 aromatic carbocycles. The fourth-order valence-corrected chi connectivity index (χ4v) is 2.81. The van der Waals surface area contributed by atoms with E-state index < -0.39 is 0 Å². The minimum atomic E-state index is -0.343. The topological polar surface area (TPSA) is 39.7 Å². The highest BCUT2D eigenvalue weighted by Gasteiger charge is 2.45. The van der Waals surface area contributed by atoms with E-state index in [2.05, 4.69) is 19.2 Å². The quantitative estimate of drug-likeness (QED) is 0.797. The van der Waals surface area contributed by atoms with E-state index in [1.165, 1.54) is 0 Å². The summed E-state index contributed by atoms with van der Waals surface area (Å²) in [5.41, 5.74) is 0. The summed E-state index contributed by atoms with van der Waals surface area (Å²) in [6.07, 6.45) is 4.20. The molecule has 2 fully saturated rings. The van der Waals surface area contributed by atoms with E-state index in [1.807, 2.05) is 0 Å². The van der Waals surface area contributed by atoms with Crippen molar-refractivity contribution >= 4 is 0 Å². The largest absolute Gasteiger partial charge is 0.376 e. The molecular weight excluding hydrogens is 218 g/mol. The minimum Gasteiger partial charge on any atom is -0.376 e. The smallest absolute Gasteiger partial charge is 0.171 e. The van der Waals surface area contributed by atoms with Crippen LogP contribution in [-0.2, 0) is 14.2 Å². The van der Waals surface area contributed by atoms with Crippen LogP contribution in [0.4, 0.5) is 0 Å². The summed E-state index contributed by atoms with van der Waals surface area (Å²) in [6.45, 7) is 7.56. The van der Waals surface area contributed by atoms with Crippen molar-refractivity contribution in [1.82, 2.24) is 5.32 Å².